The van der Waals surface area contributed by atoms with E-state index in [-0.39, 0.29) is 11.5 Å². The van der Waals surface area contributed by atoms with Gasteiger partial charge in [0.25, 0.3) is 0 Å². The van der Waals surface area contributed by atoms with Crippen molar-refractivity contribution in [2.24, 2.45) is 5.41 Å². The van der Waals surface area contributed by atoms with Crippen LogP contribution in [0.2, 0.25) is 0 Å². The van der Waals surface area contributed by atoms with E-state index in [2.05, 4.69) is 20.8 Å². The summed E-state index contributed by atoms with van der Waals surface area (Å²) in [4.78, 5) is 0. The number of hydrogen-bond acceptors (Lipinski definition) is 5. The lowest BCUT2D eigenvalue weighted by atomic mass is 9.89. The van der Waals surface area contributed by atoms with Crippen LogP contribution >= 0.6 is 0 Å². The highest BCUT2D eigenvalue weighted by atomic mass is 16.8. The van der Waals surface area contributed by atoms with Crippen LogP contribution in [0.15, 0.2) is 11.5 Å². The van der Waals surface area contributed by atoms with Gasteiger partial charge in [-0.05, 0) is 18.3 Å². The third-order valence-electron chi connectivity index (χ3n) is 3.45. The van der Waals surface area contributed by atoms with Crippen LogP contribution in [-0.4, -0.2) is 29.1 Å². The summed E-state index contributed by atoms with van der Waals surface area (Å²) in [6, 6.07) is 0. The zero-order chi connectivity index (χ0) is 16.1. The molecule has 0 radical (unpaired) electrons. The van der Waals surface area contributed by atoms with Gasteiger partial charge in [-0.3, -0.25) is 0 Å². The molecule has 0 aromatic carbocycles. The first-order valence-corrected chi connectivity index (χ1v) is 7.54. The van der Waals surface area contributed by atoms with Gasteiger partial charge in [-0.15, -0.1) is 0 Å². The predicted molar refractivity (Wildman–Crippen MR) is 78.0 cm³/mol. The summed E-state index contributed by atoms with van der Waals surface area (Å²) in [6.07, 6.45) is 0.460. The number of ether oxygens (including phenoxy) is 4. The van der Waals surface area contributed by atoms with Crippen LogP contribution in [0, 0.1) is 5.41 Å². The number of aliphatic hydroxyl groups is 1. The third-order valence-corrected chi connectivity index (χ3v) is 3.45. The largest absolute Gasteiger partial charge is 0.461 e. The molecule has 2 aliphatic rings. The second-order valence-corrected chi connectivity index (χ2v) is 7.91. The Morgan fingerprint density at radius 1 is 0.952 bits per heavy atom. The quantitative estimate of drug-likeness (QED) is 0.848. The molecule has 0 saturated carbocycles. The highest BCUT2D eigenvalue weighted by Gasteiger charge is 2.47. The number of aliphatic hydroxyl groups excluding tert-OH is 1. The summed E-state index contributed by atoms with van der Waals surface area (Å²) in [6.45, 7) is 13.8. The van der Waals surface area contributed by atoms with Gasteiger partial charge >= 0.3 is 0 Å². The fourth-order valence-electron chi connectivity index (χ4n) is 2.55. The Bertz CT molecular complexity index is 430. The molecule has 0 bridgehead atoms. The summed E-state index contributed by atoms with van der Waals surface area (Å²) in [5.41, 5.74) is 0.205. The van der Waals surface area contributed by atoms with E-state index in [1.54, 1.807) is 13.8 Å². The van der Waals surface area contributed by atoms with Gasteiger partial charge in [0.1, 0.15) is 6.10 Å². The van der Waals surface area contributed by atoms with Crippen molar-refractivity contribution in [3.05, 3.63) is 11.5 Å². The van der Waals surface area contributed by atoms with Crippen molar-refractivity contribution in [3.8, 4) is 0 Å². The molecule has 0 aromatic rings. The SMILES string of the molecule is CC(C)(C)CCC1OC(C)(C)O/C1=C1\OC(C)(C)OC1O. The van der Waals surface area contributed by atoms with Crippen molar-refractivity contribution in [3.63, 3.8) is 0 Å². The number of rotatable bonds is 2. The summed E-state index contributed by atoms with van der Waals surface area (Å²) < 4.78 is 22.9. The van der Waals surface area contributed by atoms with E-state index in [1.165, 1.54) is 0 Å². The molecule has 5 heteroatoms. The van der Waals surface area contributed by atoms with E-state index in [0.717, 1.165) is 12.8 Å². The van der Waals surface area contributed by atoms with Crippen molar-refractivity contribution in [2.75, 3.05) is 0 Å². The zero-order valence-corrected chi connectivity index (χ0v) is 14.1. The van der Waals surface area contributed by atoms with E-state index in [0.29, 0.717) is 11.5 Å². The Hall–Kier alpha value is -0.780. The predicted octanol–water partition coefficient (Wildman–Crippen LogP) is 3.28. The standard InChI is InChI=1S/C16H28O5/c1-14(2,3)9-8-10-11(19-15(4,5)18-10)12-13(17)21-16(6,7)20-12/h10,13,17H,8-9H2,1-7H3/b12-11-. The lowest BCUT2D eigenvalue weighted by Crippen LogP contribution is -2.22. The molecule has 1 N–H and O–H groups in total. The molecule has 0 aromatic heterocycles. The Morgan fingerprint density at radius 2 is 1.48 bits per heavy atom. The highest BCUT2D eigenvalue weighted by Crippen LogP contribution is 2.41. The monoisotopic (exact) mass is 300 g/mol. The number of hydrogen-bond donors (Lipinski definition) is 1. The fourth-order valence-corrected chi connectivity index (χ4v) is 2.55. The van der Waals surface area contributed by atoms with Gasteiger partial charge in [0.15, 0.2) is 11.5 Å². The van der Waals surface area contributed by atoms with E-state index >= 15 is 0 Å². The molecule has 2 rings (SSSR count). The van der Waals surface area contributed by atoms with Crippen LogP contribution < -0.4 is 0 Å². The van der Waals surface area contributed by atoms with Crippen LogP contribution in [0.5, 0.6) is 0 Å². The van der Waals surface area contributed by atoms with E-state index in [9.17, 15) is 5.11 Å². The maximum atomic E-state index is 10.1. The average molecular weight is 300 g/mol. The molecule has 0 amide bonds. The van der Waals surface area contributed by atoms with Gasteiger partial charge in [-0.2, -0.15) is 0 Å². The maximum Gasteiger partial charge on any atom is 0.221 e. The molecule has 21 heavy (non-hydrogen) atoms. The fraction of sp³-hybridized carbons (Fsp3) is 0.875. The molecule has 2 unspecified atom stereocenters. The molecule has 122 valence electrons. The van der Waals surface area contributed by atoms with Gasteiger partial charge < -0.3 is 24.1 Å². The van der Waals surface area contributed by atoms with Crippen molar-refractivity contribution in [2.45, 2.75) is 85.3 Å². The minimum Gasteiger partial charge on any atom is -0.461 e. The smallest absolute Gasteiger partial charge is 0.221 e. The van der Waals surface area contributed by atoms with Crippen LogP contribution in [0.4, 0.5) is 0 Å². The van der Waals surface area contributed by atoms with E-state index in [4.69, 9.17) is 18.9 Å². The van der Waals surface area contributed by atoms with Crippen molar-refractivity contribution in [1.82, 2.24) is 0 Å². The van der Waals surface area contributed by atoms with Crippen molar-refractivity contribution < 1.29 is 24.1 Å². The normalized spacial score (nSPS) is 34.7. The van der Waals surface area contributed by atoms with Crippen molar-refractivity contribution in [1.29, 1.82) is 0 Å². The second kappa shape index (κ2) is 5.14. The highest BCUT2D eigenvalue weighted by molar-refractivity contribution is 5.16. The summed E-state index contributed by atoms with van der Waals surface area (Å²) in [5, 5.41) is 10.1. The van der Waals surface area contributed by atoms with Gasteiger partial charge in [-0.25, -0.2) is 0 Å². The average Bonchev–Trinajstić information content (AvgIpc) is 2.70. The lowest BCUT2D eigenvalue weighted by molar-refractivity contribution is -0.173. The molecule has 2 heterocycles. The van der Waals surface area contributed by atoms with Gasteiger partial charge in [0.2, 0.25) is 17.9 Å². The van der Waals surface area contributed by atoms with Gasteiger partial charge in [-0.1, -0.05) is 20.8 Å². The van der Waals surface area contributed by atoms with E-state index < -0.39 is 17.9 Å². The maximum absolute atomic E-state index is 10.1. The summed E-state index contributed by atoms with van der Waals surface area (Å²) >= 11 is 0. The Balaban J connectivity index is 2.23. The van der Waals surface area contributed by atoms with Gasteiger partial charge in [0.05, 0.1) is 0 Å². The lowest BCUT2D eigenvalue weighted by Gasteiger charge is -2.21. The molecular weight excluding hydrogens is 272 g/mol. The van der Waals surface area contributed by atoms with Crippen LogP contribution in [0.25, 0.3) is 0 Å². The van der Waals surface area contributed by atoms with Gasteiger partial charge in [0, 0.05) is 27.7 Å². The van der Waals surface area contributed by atoms with Crippen LogP contribution in [0.1, 0.15) is 61.3 Å². The molecule has 2 fully saturated rings. The van der Waals surface area contributed by atoms with Crippen molar-refractivity contribution >= 4 is 0 Å². The Labute approximate surface area is 127 Å². The van der Waals surface area contributed by atoms with E-state index in [1.807, 2.05) is 13.8 Å². The molecular formula is C16H28O5. The molecule has 2 saturated heterocycles. The topological polar surface area (TPSA) is 57.2 Å². The first kappa shape index (κ1) is 16.6. The first-order valence-electron chi connectivity index (χ1n) is 7.54. The minimum atomic E-state index is -1.11. The minimum absolute atomic E-state index is 0.205. The molecule has 2 atom stereocenters. The summed E-state index contributed by atoms with van der Waals surface area (Å²) in [5.74, 6) is -0.681. The molecule has 2 aliphatic heterocycles. The van der Waals surface area contributed by atoms with Crippen LogP contribution in [0.3, 0.4) is 0 Å². The van der Waals surface area contributed by atoms with Crippen LogP contribution in [-0.2, 0) is 18.9 Å². The zero-order valence-electron chi connectivity index (χ0n) is 14.1. The molecule has 0 aliphatic carbocycles. The molecule has 0 spiro atoms. The third kappa shape index (κ3) is 4.11. The first-order chi connectivity index (χ1) is 9.39. The Morgan fingerprint density at radius 3 is 1.95 bits per heavy atom. The second-order valence-electron chi connectivity index (χ2n) is 7.91. The summed E-state index contributed by atoms with van der Waals surface area (Å²) in [7, 11) is 0. The Kier molecular flexibility index (Phi) is 4.06. The molecule has 5 nitrogen and oxygen atoms in total.